The Morgan fingerprint density at radius 1 is 0.550 bits per heavy atom. The quantitative estimate of drug-likeness (QED) is 0.00490. The number of aromatic amines is 4. The number of rotatable bonds is 10. The molecule has 756 valence electrons. The first-order valence-corrected chi connectivity index (χ1v) is 44.7. The number of alkyl halides is 9. The number of nitrogens with two attached hydrogens (primary N) is 1. The van der Waals surface area contributed by atoms with E-state index < -0.39 is 88.2 Å². The smallest absolute Gasteiger partial charge is 1.00 e. The number of hydrogen-bond acceptors (Lipinski definition) is 28. The maximum absolute atomic E-state index is 12.1. The Morgan fingerprint density at radius 3 is 1.25 bits per heavy atom. The molecule has 0 bridgehead atoms. The van der Waals surface area contributed by atoms with Crippen molar-refractivity contribution in [3.8, 4) is 36.0 Å². The van der Waals surface area contributed by atoms with Gasteiger partial charge in [0.1, 0.15) is 23.6 Å². The van der Waals surface area contributed by atoms with Gasteiger partial charge in [-0.2, -0.15) is 85.2 Å². The number of benzene rings is 8. The fourth-order valence-corrected chi connectivity index (χ4v) is 13.8. The van der Waals surface area contributed by atoms with Crippen molar-refractivity contribution in [3.63, 3.8) is 0 Å². The monoisotopic (exact) mass is 2390 g/mol. The summed E-state index contributed by atoms with van der Waals surface area (Å²) in [6, 6.07) is 33.9. The van der Waals surface area contributed by atoms with E-state index >= 15 is 0 Å². The molecule has 13 rings (SSSR count). The van der Waals surface area contributed by atoms with E-state index in [4.69, 9.17) is 146 Å². The molecular weight excluding hydrogens is 2310 g/mol. The van der Waals surface area contributed by atoms with E-state index in [2.05, 4.69) is 66.8 Å². The summed E-state index contributed by atoms with van der Waals surface area (Å²) in [5.41, 5.74) is -4.63. The van der Waals surface area contributed by atoms with Gasteiger partial charge in [0.25, 0.3) is 0 Å². The molecule has 0 radical (unpaired) electrons. The molecule has 1 atom stereocenters. The minimum atomic E-state index is -6.85. The number of H-pyrrole nitrogens is 4. The first-order chi connectivity index (χ1) is 62.9. The Labute approximate surface area is 902 Å². The number of hydrogen-bond donors (Lipinski definition) is 9. The number of phenolic OH excluding ortho intramolecular Hbond substituents is 2. The Kier molecular flexibility index (Phi) is 61.2. The molecule has 140 heavy (non-hydrogen) atoms. The second kappa shape index (κ2) is 63.1. The van der Waals surface area contributed by atoms with Crippen LogP contribution in [0.5, 0.6) is 17.2 Å². The van der Waals surface area contributed by atoms with Crippen LogP contribution in [0.2, 0.25) is 40.2 Å². The number of esters is 2. The maximum atomic E-state index is 12.1. The second-order valence-corrected chi connectivity index (χ2v) is 36.3. The van der Waals surface area contributed by atoms with Crippen molar-refractivity contribution in [2.24, 2.45) is 0 Å². The van der Waals surface area contributed by atoms with E-state index in [0.29, 0.717) is 54.6 Å². The van der Waals surface area contributed by atoms with Gasteiger partial charge in [0.2, 0.25) is 0 Å². The molecule has 0 amide bonds. The Bertz CT molecular complexity index is 6260. The Morgan fingerprint density at radius 2 is 0.900 bits per heavy atom. The number of methoxy groups -OCH3 is 1. The van der Waals surface area contributed by atoms with Crippen LogP contribution >= 0.6 is 92.8 Å². The summed E-state index contributed by atoms with van der Waals surface area (Å²) in [7, 11) is -18.2. The summed E-state index contributed by atoms with van der Waals surface area (Å²) in [5, 5.41) is 67.9. The van der Waals surface area contributed by atoms with Crippen molar-refractivity contribution >= 4 is 226 Å². The first-order valence-electron chi connectivity index (χ1n) is 37.5. The molecule has 5 heterocycles. The third-order valence-corrected chi connectivity index (χ3v) is 20.9. The minimum Gasteiger partial charge on any atom is -1.00 e. The van der Waals surface area contributed by atoms with Gasteiger partial charge in [0.15, 0.2) is 17.2 Å². The molecule has 56 heteroatoms. The van der Waals surface area contributed by atoms with Crippen LogP contribution < -0.4 is 80.4 Å². The minimum absolute atomic E-state index is 0. The SMILES string of the molecule is C#CC(O)c1ccc2cn[nH]c2c1.C1CCOC1.CC(C)(C)OC(=O)OC(=O)OC(C)(C)C.CCOC(=O)c1ccc2cn[nH]c2c1.COC(=O)c1c(Cl)cc(C)cc1Cl.Cc1cc(Cl)c(O)c(Cl)c1.Cc1cc(Cl)c(OS(=O)(=O)C(F)(F)F)c(Cl)c1.Nc1cc(Cl)c(O)c(Cl)c1.O=Cc1ccc2cn[nH]c2c1.O=S(=O)(OS(=O)(=O)C(F)(F)F)C(F)(F)F.OCc1ccc2cn[nH]c2c1.[Br-].[C-]#C.[I-].[Mg+2].[Na+]. The van der Waals surface area contributed by atoms with Gasteiger partial charge < -0.3 is 113 Å². The normalized spacial score (nSPS) is 11.5. The predicted molar refractivity (Wildman–Crippen MR) is 499 cm³/mol. The Hall–Kier alpha value is -8.33. The number of ether oxygens (including phenoxy) is 6. The average molecular weight is 2390 g/mol. The summed E-state index contributed by atoms with van der Waals surface area (Å²) in [6.45, 7) is 19.6. The number of aliphatic hydroxyl groups is 2. The number of aromatic hydroxyl groups is 2. The van der Waals surface area contributed by atoms with Crippen molar-refractivity contribution in [1.82, 2.24) is 40.8 Å². The van der Waals surface area contributed by atoms with E-state index in [0.717, 1.165) is 79.8 Å². The molecule has 1 saturated heterocycles. The van der Waals surface area contributed by atoms with Crippen molar-refractivity contribution in [3.05, 3.63) is 237 Å². The fourth-order valence-electron chi connectivity index (χ4n) is 9.12. The van der Waals surface area contributed by atoms with E-state index in [1.807, 2.05) is 53.9 Å². The van der Waals surface area contributed by atoms with Crippen LogP contribution in [0.4, 0.5) is 54.8 Å². The summed E-state index contributed by atoms with van der Waals surface area (Å²) in [5.74, 6) is 0.525. The van der Waals surface area contributed by atoms with E-state index in [1.54, 1.807) is 141 Å². The van der Waals surface area contributed by atoms with E-state index in [9.17, 15) is 93.8 Å². The number of aryl methyl sites for hydroxylation is 3. The largest absolute Gasteiger partial charge is 2.00 e. The summed E-state index contributed by atoms with van der Waals surface area (Å²) >= 11 is 44.9. The van der Waals surface area contributed by atoms with E-state index in [-0.39, 0.29) is 143 Å². The molecule has 0 spiro atoms. The number of phenols is 2. The van der Waals surface area contributed by atoms with Crippen LogP contribution in [0, 0.1) is 46.0 Å². The third-order valence-electron chi connectivity index (χ3n) is 15.1. The van der Waals surface area contributed by atoms with Gasteiger partial charge in [-0.1, -0.05) is 141 Å². The molecule has 1 fully saturated rings. The number of anilines is 1. The molecule has 1 unspecified atom stereocenters. The number of halogens is 19. The van der Waals surface area contributed by atoms with Gasteiger partial charge >= 0.3 is 124 Å². The molecular formula is C84H83BrCl8F9IMgN9NaO23S3. The number of aliphatic hydroxyl groups excluding tert-OH is 2. The molecule has 1 aliphatic heterocycles. The van der Waals surface area contributed by atoms with Gasteiger partial charge in [-0.15, -0.1) is 10.1 Å². The zero-order valence-electron chi connectivity index (χ0n) is 74.9. The van der Waals surface area contributed by atoms with E-state index in [1.165, 1.54) is 44.2 Å². The maximum Gasteiger partial charge on any atom is 2.00 e. The number of carbonyl (C=O) groups is 5. The van der Waals surface area contributed by atoms with Crippen molar-refractivity contribution < 1.29 is 216 Å². The predicted octanol–water partition coefficient (Wildman–Crippen LogP) is 12.5. The zero-order valence-corrected chi connectivity index (χ0v) is 90.6. The third kappa shape index (κ3) is 47.9. The molecule has 0 aliphatic carbocycles. The molecule has 32 nitrogen and oxygen atoms in total. The van der Waals surface area contributed by atoms with Crippen LogP contribution in [0.1, 0.15) is 126 Å². The van der Waals surface area contributed by atoms with Gasteiger partial charge in [0, 0.05) is 46.0 Å². The summed E-state index contributed by atoms with van der Waals surface area (Å²) in [4.78, 5) is 54.9. The number of carbonyl (C=O) groups excluding carboxylic acids is 5. The number of terminal acetylenes is 2. The molecule has 1 aliphatic rings. The topological polar surface area (TPSA) is 483 Å². The second-order valence-electron chi connectivity index (χ2n) is 28.2. The van der Waals surface area contributed by atoms with Crippen molar-refractivity contribution in [2.45, 2.75) is 123 Å². The standard InChI is InChI=1S/C10H10N2O2.C10H8N2O.C10H18O5.C9H8Cl2O2.C8H5Cl2F3O3S.C8H8N2O.C8H6N2O.C7H6Cl2O.C6H5Cl2NO.C4H8O.C2F6O5S2.C2H.BrH.HI.Mg.Na/c1-2-14-10(13)7-3-4-8-6-11-12-9(8)5-7;1-2-10(13)7-3-4-8-6-11-12-9(8)5-7;1-9(2,3)14-7(11)13-8(12)15-10(4,5)6;1-5-3-6(10)8(7(11)4-5)9(12)13-2;1-4-2-5(9)7(6(10)3-4)16-17(14,15)8(11,12)13;2*11-5-6-1-2-7-4-9-10-8(7)3-6;1-4-2-5(8)7(10)6(9)3-4;7-4-1-3(9)2-5(8)6(4)10;1-2-4-5-3-1;3-1(4,5)14(9,10)13-15(11,12)2(6,7)8;1-2;;;;/h3-6H,2H2,1H3,(H,11,12);1,3-6,10,13H,(H,11,12);1-6H3;3-4H,1-2H3;2-3H,1H3;1-4,11H,5H2,(H,9,10);1-5H,(H,9,10);2-3,10H,1H3;1-2,10H,9H2;1-4H2;;1H;2*1H;;/q;;;;;;;;;;;-1;;;+2;+1/p-2. The summed E-state index contributed by atoms with van der Waals surface area (Å²) < 4.78 is 200. The number of nitrogens with one attached hydrogen (secondary N) is 4. The van der Waals surface area contributed by atoms with Crippen molar-refractivity contribution in [2.75, 3.05) is 32.7 Å². The van der Waals surface area contributed by atoms with Crippen LogP contribution in [-0.4, -0.2) is 195 Å². The number of nitrogen functional groups attached to an aromatic ring is 1. The van der Waals surface area contributed by atoms with Crippen LogP contribution in [0.15, 0.2) is 146 Å². The van der Waals surface area contributed by atoms with Gasteiger partial charge in [-0.3, -0.25) is 25.2 Å². The summed E-state index contributed by atoms with van der Waals surface area (Å²) in [6.07, 6.45) is 21.4. The van der Waals surface area contributed by atoms with Gasteiger partial charge in [-0.05, 0) is 189 Å². The van der Waals surface area contributed by atoms with Gasteiger partial charge in [-0.25, -0.2) is 19.2 Å². The molecule has 12 aromatic rings. The number of fused-ring (bicyclic) bond motifs is 4. The Balaban J connectivity index is -0.00000148. The first kappa shape index (κ1) is 136. The fraction of sp³-hybridized carbons (Fsp3) is 0.274. The van der Waals surface area contributed by atoms with Crippen LogP contribution in [-0.2, 0) is 69.0 Å². The van der Waals surface area contributed by atoms with Crippen LogP contribution in [0.3, 0.4) is 0 Å². The molecule has 0 saturated carbocycles. The van der Waals surface area contributed by atoms with Gasteiger partial charge in [0.05, 0.1) is 118 Å². The zero-order chi connectivity index (χ0) is 104. The van der Waals surface area contributed by atoms with Crippen molar-refractivity contribution in [1.29, 1.82) is 0 Å². The van der Waals surface area contributed by atoms with Crippen LogP contribution in [0.25, 0.3) is 43.6 Å². The molecule has 8 aromatic carbocycles. The average Bonchev–Trinajstić information content (AvgIpc) is 1.02. The molecule has 10 N–H and O–H groups in total. The molecule has 4 aromatic heterocycles. The number of aromatic nitrogens is 8. The number of aldehydes is 1. The number of nitrogens with zero attached hydrogens (tertiary/aromatic N) is 4.